The third-order valence-corrected chi connectivity index (χ3v) is 4.27. The standard InChI is InChI=1S/C19H25N/c1-6-8-15-9-7-10-17(18(15)14(4)20)19(5)12-16(19)11-13(2)3/h7,10-11,13,15,20H,9,12H2,1-5H3/b16-11+,20-14?. The van der Waals surface area contributed by atoms with Crippen LogP contribution in [0.3, 0.4) is 0 Å². The Morgan fingerprint density at radius 3 is 2.75 bits per heavy atom. The number of hydrogen-bond acceptors (Lipinski definition) is 1. The van der Waals surface area contributed by atoms with Gasteiger partial charge in [0.05, 0.1) is 5.92 Å². The molecule has 2 aliphatic carbocycles. The molecule has 1 heteroatoms. The van der Waals surface area contributed by atoms with Crippen LogP contribution in [0.5, 0.6) is 0 Å². The average Bonchev–Trinajstić information content (AvgIpc) is 3.00. The van der Waals surface area contributed by atoms with Crippen molar-refractivity contribution in [2.24, 2.45) is 17.3 Å². The fourth-order valence-electron chi connectivity index (χ4n) is 3.22. The molecule has 0 aliphatic heterocycles. The predicted molar refractivity (Wildman–Crippen MR) is 86.8 cm³/mol. The van der Waals surface area contributed by atoms with Crippen molar-refractivity contribution in [2.45, 2.75) is 47.5 Å². The number of allylic oxidation sites excluding steroid dienone is 6. The first kappa shape index (κ1) is 14.9. The largest absolute Gasteiger partial charge is 0.305 e. The zero-order chi connectivity index (χ0) is 14.9. The average molecular weight is 267 g/mol. The van der Waals surface area contributed by atoms with Gasteiger partial charge in [0.25, 0.3) is 0 Å². The minimum absolute atomic E-state index is 0.145. The van der Waals surface area contributed by atoms with Crippen molar-refractivity contribution in [1.82, 2.24) is 0 Å². The first-order valence-electron chi connectivity index (χ1n) is 7.50. The van der Waals surface area contributed by atoms with Crippen LogP contribution < -0.4 is 0 Å². The second-order valence-electron chi connectivity index (χ2n) is 6.48. The highest BCUT2D eigenvalue weighted by molar-refractivity contribution is 5.99. The summed E-state index contributed by atoms with van der Waals surface area (Å²) in [5, 5.41) is 8.16. The Bertz CT molecular complexity index is 575. The number of rotatable bonds is 3. The van der Waals surface area contributed by atoms with Crippen molar-refractivity contribution >= 4 is 5.71 Å². The zero-order valence-corrected chi connectivity index (χ0v) is 13.3. The van der Waals surface area contributed by atoms with E-state index in [0.717, 1.165) is 18.4 Å². The Balaban J connectivity index is 2.46. The maximum atomic E-state index is 8.16. The molecule has 1 saturated carbocycles. The van der Waals surface area contributed by atoms with Crippen molar-refractivity contribution in [3.63, 3.8) is 0 Å². The van der Waals surface area contributed by atoms with Gasteiger partial charge in [0.15, 0.2) is 0 Å². The van der Waals surface area contributed by atoms with E-state index in [2.05, 4.69) is 50.8 Å². The smallest absolute Gasteiger partial charge is 0.0507 e. The van der Waals surface area contributed by atoms with Gasteiger partial charge in [-0.1, -0.05) is 50.5 Å². The monoisotopic (exact) mass is 267 g/mol. The van der Waals surface area contributed by atoms with Crippen LogP contribution in [0.4, 0.5) is 0 Å². The van der Waals surface area contributed by atoms with E-state index >= 15 is 0 Å². The Hall–Kier alpha value is -1.55. The van der Waals surface area contributed by atoms with Gasteiger partial charge in [0.1, 0.15) is 0 Å². The zero-order valence-electron chi connectivity index (χ0n) is 13.3. The Kier molecular flexibility index (Phi) is 4.04. The Morgan fingerprint density at radius 2 is 2.20 bits per heavy atom. The molecule has 2 aliphatic rings. The first-order chi connectivity index (χ1) is 9.40. The van der Waals surface area contributed by atoms with Crippen molar-refractivity contribution in [3.05, 3.63) is 34.9 Å². The van der Waals surface area contributed by atoms with Gasteiger partial charge in [-0.3, -0.25) is 0 Å². The van der Waals surface area contributed by atoms with E-state index in [-0.39, 0.29) is 11.3 Å². The topological polar surface area (TPSA) is 23.9 Å². The van der Waals surface area contributed by atoms with E-state index in [1.54, 1.807) is 0 Å². The highest BCUT2D eigenvalue weighted by Crippen LogP contribution is 2.59. The molecule has 1 nitrogen and oxygen atoms in total. The molecule has 0 heterocycles. The van der Waals surface area contributed by atoms with Gasteiger partial charge in [-0.15, -0.1) is 5.92 Å². The summed E-state index contributed by atoms with van der Waals surface area (Å²) in [6.07, 6.45) is 8.92. The summed E-state index contributed by atoms with van der Waals surface area (Å²) in [7, 11) is 0. The molecule has 0 bridgehead atoms. The molecule has 2 atom stereocenters. The summed E-state index contributed by atoms with van der Waals surface area (Å²) in [5.74, 6) is 7.11. The fraction of sp³-hybridized carbons (Fsp3) is 0.526. The maximum Gasteiger partial charge on any atom is 0.0507 e. The van der Waals surface area contributed by atoms with Crippen LogP contribution in [0.15, 0.2) is 34.9 Å². The van der Waals surface area contributed by atoms with Gasteiger partial charge in [0, 0.05) is 11.1 Å². The predicted octanol–water partition coefficient (Wildman–Crippen LogP) is 4.91. The summed E-state index contributed by atoms with van der Waals surface area (Å²) >= 11 is 0. The molecule has 0 aromatic rings. The summed E-state index contributed by atoms with van der Waals surface area (Å²) in [6.45, 7) is 10.6. The van der Waals surface area contributed by atoms with Crippen LogP contribution in [0.1, 0.15) is 47.5 Å². The molecule has 2 rings (SSSR count). The molecular weight excluding hydrogens is 242 g/mol. The van der Waals surface area contributed by atoms with Crippen LogP contribution >= 0.6 is 0 Å². The highest BCUT2D eigenvalue weighted by Gasteiger charge is 2.48. The van der Waals surface area contributed by atoms with Crippen LogP contribution in [-0.4, -0.2) is 5.71 Å². The first-order valence-corrected chi connectivity index (χ1v) is 7.50. The van der Waals surface area contributed by atoms with E-state index in [4.69, 9.17) is 5.41 Å². The van der Waals surface area contributed by atoms with Crippen molar-refractivity contribution < 1.29 is 0 Å². The van der Waals surface area contributed by atoms with Gasteiger partial charge in [-0.05, 0) is 43.8 Å². The lowest BCUT2D eigenvalue weighted by atomic mass is 9.79. The lowest BCUT2D eigenvalue weighted by molar-refractivity contribution is 0.690. The van der Waals surface area contributed by atoms with E-state index in [9.17, 15) is 0 Å². The molecule has 2 unspecified atom stereocenters. The minimum Gasteiger partial charge on any atom is -0.305 e. The van der Waals surface area contributed by atoms with E-state index in [1.807, 2.05) is 13.8 Å². The summed E-state index contributed by atoms with van der Waals surface area (Å²) in [4.78, 5) is 0. The lowest BCUT2D eigenvalue weighted by Gasteiger charge is -2.25. The quantitative estimate of drug-likeness (QED) is 0.426. The van der Waals surface area contributed by atoms with E-state index in [0.29, 0.717) is 11.6 Å². The number of hydrogen-bond donors (Lipinski definition) is 1. The van der Waals surface area contributed by atoms with Crippen LogP contribution in [0, 0.1) is 34.5 Å². The second kappa shape index (κ2) is 5.44. The van der Waals surface area contributed by atoms with Gasteiger partial charge >= 0.3 is 0 Å². The summed E-state index contributed by atoms with van der Waals surface area (Å²) in [5.41, 5.74) is 4.84. The lowest BCUT2D eigenvalue weighted by Crippen LogP contribution is -2.17. The van der Waals surface area contributed by atoms with Crippen molar-refractivity contribution in [1.29, 1.82) is 5.41 Å². The second-order valence-corrected chi connectivity index (χ2v) is 6.48. The van der Waals surface area contributed by atoms with Crippen molar-refractivity contribution in [2.75, 3.05) is 0 Å². The molecule has 0 aromatic carbocycles. The van der Waals surface area contributed by atoms with Gasteiger partial charge in [-0.25, -0.2) is 0 Å². The normalized spacial score (nSPS) is 30.5. The molecule has 1 N–H and O–H groups in total. The summed E-state index contributed by atoms with van der Waals surface area (Å²) in [6, 6.07) is 0. The molecule has 1 fully saturated rings. The highest BCUT2D eigenvalue weighted by atomic mass is 14.5. The SMILES string of the molecule is CC#CC1CC=CC(C2(C)C/C2=C\C(C)C)=C1C(C)=N. The molecule has 0 saturated heterocycles. The Labute approximate surface area is 123 Å². The van der Waals surface area contributed by atoms with E-state index in [1.165, 1.54) is 11.1 Å². The van der Waals surface area contributed by atoms with E-state index < -0.39 is 0 Å². The molecule has 0 spiro atoms. The van der Waals surface area contributed by atoms with Gasteiger partial charge in [-0.2, -0.15) is 0 Å². The molecular formula is C19H25N. The number of nitrogens with one attached hydrogen (secondary N) is 1. The molecule has 0 radical (unpaired) electrons. The minimum atomic E-state index is 0.145. The van der Waals surface area contributed by atoms with Crippen molar-refractivity contribution in [3.8, 4) is 11.8 Å². The molecule has 0 aromatic heterocycles. The fourth-order valence-corrected chi connectivity index (χ4v) is 3.22. The molecule has 106 valence electrons. The summed E-state index contributed by atoms with van der Waals surface area (Å²) < 4.78 is 0. The Morgan fingerprint density at radius 1 is 1.50 bits per heavy atom. The third kappa shape index (κ3) is 2.66. The van der Waals surface area contributed by atoms with Crippen LogP contribution in [-0.2, 0) is 0 Å². The molecule has 0 amide bonds. The van der Waals surface area contributed by atoms with Crippen LogP contribution in [0.25, 0.3) is 0 Å². The van der Waals surface area contributed by atoms with Crippen LogP contribution in [0.2, 0.25) is 0 Å². The van der Waals surface area contributed by atoms with Gasteiger partial charge in [0.2, 0.25) is 0 Å². The maximum absolute atomic E-state index is 8.16. The molecule has 20 heavy (non-hydrogen) atoms. The van der Waals surface area contributed by atoms with Gasteiger partial charge < -0.3 is 5.41 Å². The third-order valence-electron chi connectivity index (χ3n) is 4.27.